The fourth-order valence-corrected chi connectivity index (χ4v) is 5.20. The minimum Gasteiger partial charge on any atom is -0.319 e. The first-order valence-corrected chi connectivity index (χ1v) is 9.21. The summed E-state index contributed by atoms with van der Waals surface area (Å²) in [6.07, 6.45) is 1.74. The third-order valence-electron chi connectivity index (χ3n) is 3.79. The molecule has 1 aliphatic rings. The second kappa shape index (κ2) is 6.37. The van der Waals surface area contributed by atoms with Crippen LogP contribution in [0.3, 0.4) is 0 Å². The van der Waals surface area contributed by atoms with E-state index in [9.17, 15) is 8.42 Å². The Morgan fingerprint density at radius 2 is 2.26 bits per heavy atom. The summed E-state index contributed by atoms with van der Waals surface area (Å²) < 4.78 is 24.3. The Labute approximate surface area is 123 Å². The molecule has 0 amide bonds. The average Bonchev–Trinajstić information content (AvgIpc) is 2.69. The van der Waals surface area contributed by atoms with Crippen molar-refractivity contribution < 1.29 is 8.42 Å². The SMILES string of the molecule is CNCC(Cc1cccc(Br)c1)C1CCS(=O)(=O)C1. The third kappa shape index (κ3) is 4.29. The van der Waals surface area contributed by atoms with Gasteiger partial charge in [-0.1, -0.05) is 28.1 Å². The largest absolute Gasteiger partial charge is 0.319 e. The molecule has 1 aliphatic heterocycles. The molecule has 1 fully saturated rings. The molecule has 0 aliphatic carbocycles. The molecule has 2 atom stereocenters. The fourth-order valence-electron chi connectivity index (χ4n) is 2.83. The highest BCUT2D eigenvalue weighted by Crippen LogP contribution is 2.28. The second-order valence-electron chi connectivity index (χ2n) is 5.31. The third-order valence-corrected chi connectivity index (χ3v) is 6.07. The van der Waals surface area contributed by atoms with Crippen LogP contribution < -0.4 is 5.32 Å². The Kier molecular flexibility index (Phi) is 5.03. The van der Waals surface area contributed by atoms with Gasteiger partial charge in [0.1, 0.15) is 0 Å². The van der Waals surface area contributed by atoms with Crippen LogP contribution in [0.5, 0.6) is 0 Å². The van der Waals surface area contributed by atoms with Crippen LogP contribution in [-0.4, -0.2) is 33.5 Å². The van der Waals surface area contributed by atoms with Gasteiger partial charge in [-0.3, -0.25) is 0 Å². The summed E-state index contributed by atoms with van der Waals surface area (Å²) in [5, 5.41) is 3.20. The molecule has 3 nitrogen and oxygen atoms in total. The van der Waals surface area contributed by atoms with Gasteiger partial charge in [-0.15, -0.1) is 0 Å². The van der Waals surface area contributed by atoms with Crippen molar-refractivity contribution in [2.24, 2.45) is 11.8 Å². The molecular formula is C14H20BrNO2S. The van der Waals surface area contributed by atoms with Crippen LogP contribution in [0.1, 0.15) is 12.0 Å². The van der Waals surface area contributed by atoms with E-state index in [1.54, 1.807) is 0 Å². The molecule has 0 spiro atoms. The normalized spacial score (nSPS) is 23.4. The molecule has 5 heteroatoms. The molecule has 0 aromatic heterocycles. The Morgan fingerprint density at radius 1 is 1.47 bits per heavy atom. The molecule has 1 heterocycles. The summed E-state index contributed by atoms with van der Waals surface area (Å²) >= 11 is 3.48. The van der Waals surface area contributed by atoms with Gasteiger partial charge in [-0.25, -0.2) is 8.42 Å². The number of rotatable bonds is 5. The molecule has 0 bridgehead atoms. The first-order valence-electron chi connectivity index (χ1n) is 6.59. The van der Waals surface area contributed by atoms with Crippen molar-refractivity contribution in [3.8, 4) is 0 Å². The second-order valence-corrected chi connectivity index (χ2v) is 8.46. The van der Waals surface area contributed by atoms with Crippen LogP contribution in [-0.2, 0) is 16.3 Å². The van der Waals surface area contributed by atoms with Gasteiger partial charge in [0.2, 0.25) is 0 Å². The average molecular weight is 346 g/mol. The van der Waals surface area contributed by atoms with E-state index in [1.165, 1.54) is 5.56 Å². The van der Waals surface area contributed by atoms with Crippen LogP contribution in [0.25, 0.3) is 0 Å². The molecule has 0 radical (unpaired) electrons. The number of nitrogens with one attached hydrogen (secondary N) is 1. The molecule has 19 heavy (non-hydrogen) atoms. The van der Waals surface area contributed by atoms with E-state index in [4.69, 9.17) is 0 Å². The molecule has 1 saturated heterocycles. The van der Waals surface area contributed by atoms with Gasteiger partial charge in [0.05, 0.1) is 11.5 Å². The first-order chi connectivity index (χ1) is 9.00. The van der Waals surface area contributed by atoms with Crippen LogP contribution in [0, 0.1) is 11.8 Å². The Morgan fingerprint density at radius 3 is 2.84 bits per heavy atom. The van der Waals surface area contributed by atoms with Gasteiger partial charge >= 0.3 is 0 Å². The fraction of sp³-hybridized carbons (Fsp3) is 0.571. The standard InChI is InChI=1S/C14H20BrNO2S/c1-16-9-13(12-5-6-19(17,18)10-12)7-11-3-2-4-14(15)8-11/h2-4,8,12-13,16H,5-7,9-10H2,1H3. The van der Waals surface area contributed by atoms with E-state index in [2.05, 4.69) is 33.4 Å². The zero-order chi connectivity index (χ0) is 13.9. The highest BCUT2D eigenvalue weighted by molar-refractivity contribution is 9.10. The zero-order valence-corrected chi connectivity index (χ0v) is 13.5. The number of halogens is 1. The van der Waals surface area contributed by atoms with Crippen molar-refractivity contribution in [1.82, 2.24) is 5.32 Å². The summed E-state index contributed by atoms with van der Waals surface area (Å²) in [5.41, 5.74) is 1.26. The van der Waals surface area contributed by atoms with Gasteiger partial charge in [0, 0.05) is 4.47 Å². The maximum atomic E-state index is 11.6. The summed E-state index contributed by atoms with van der Waals surface area (Å²) in [7, 11) is -0.868. The lowest BCUT2D eigenvalue weighted by atomic mass is 9.86. The Balaban J connectivity index is 2.08. The van der Waals surface area contributed by atoms with Crippen molar-refractivity contribution in [2.45, 2.75) is 12.8 Å². The van der Waals surface area contributed by atoms with Crippen molar-refractivity contribution in [1.29, 1.82) is 0 Å². The predicted octanol–water partition coefficient (Wildman–Crippen LogP) is 2.26. The Bertz CT molecular complexity index is 530. The quantitative estimate of drug-likeness (QED) is 0.890. The van der Waals surface area contributed by atoms with Gasteiger partial charge in [-0.05, 0) is 56.0 Å². The van der Waals surface area contributed by atoms with Crippen LogP contribution in [0.2, 0.25) is 0 Å². The molecular weight excluding hydrogens is 326 g/mol. The van der Waals surface area contributed by atoms with E-state index >= 15 is 0 Å². The maximum absolute atomic E-state index is 11.6. The molecule has 1 aromatic carbocycles. The number of sulfone groups is 1. The zero-order valence-electron chi connectivity index (χ0n) is 11.1. The molecule has 0 saturated carbocycles. The molecule has 2 rings (SSSR count). The minimum absolute atomic E-state index is 0.288. The lowest BCUT2D eigenvalue weighted by Gasteiger charge is -2.22. The minimum atomic E-state index is -2.80. The van der Waals surface area contributed by atoms with Gasteiger partial charge in [0.15, 0.2) is 9.84 Å². The number of hydrogen-bond acceptors (Lipinski definition) is 3. The van der Waals surface area contributed by atoms with E-state index in [0.717, 1.165) is 23.9 Å². The van der Waals surface area contributed by atoms with Crippen LogP contribution in [0.15, 0.2) is 28.7 Å². The molecule has 1 N–H and O–H groups in total. The van der Waals surface area contributed by atoms with E-state index in [1.807, 2.05) is 19.2 Å². The summed E-state index contributed by atoms with van der Waals surface area (Å²) in [6.45, 7) is 0.868. The lowest BCUT2D eigenvalue weighted by molar-refractivity contribution is 0.352. The number of benzene rings is 1. The van der Waals surface area contributed by atoms with Crippen LogP contribution in [0.4, 0.5) is 0 Å². The predicted molar refractivity (Wildman–Crippen MR) is 82.0 cm³/mol. The highest BCUT2D eigenvalue weighted by atomic mass is 79.9. The highest BCUT2D eigenvalue weighted by Gasteiger charge is 2.33. The first kappa shape index (κ1) is 15.0. The molecule has 1 aromatic rings. The van der Waals surface area contributed by atoms with Gasteiger partial charge in [-0.2, -0.15) is 0 Å². The van der Waals surface area contributed by atoms with Crippen molar-refractivity contribution in [3.05, 3.63) is 34.3 Å². The van der Waals surface area contributed by atoms with Crippen molar-refractivity contribution >= 4 is 25.8 Å². The van der Waals surface area contributed by atoms with Crippen LogP contribution >= 0.6 is 15.9 Å². The summed E-state index contributed by atoms with van der Waals surface area (Å²) in [4.78, 5) is 0. The topological polar surface area (TPSA) is 46.2 Å². The van der Waals surface area contributed by atoms with E-state index in [-0.39, 0.29) is 5.92 Å². The maximum Gasteiger partial charge on any atom is 0.150 e. The van der Waals surface area contributed by atoms with Crippen molar-refractivity contribution in [3.63, 3.8) is 0 Å². The van der Waals surface area contributed by atoms with Gasteiger partial charge < -0.3 is 5.32 Å². The molecule has 106 valence electrons. The lowest BCUT2D eigenvalue weighted by Crippen LogP contribution is -2.28. The Hall–Kier alpha value is -0.390. The summed E-state index contributed by atoms with van der Waals surface area (Å²) in [6, 6.07) is 8.26. The molecule has 2 unspecified atom stereocenters. The number of hydrogen-bond donors (Lipinski definition) is 1. The summed E-state index contributed by atoms with van der Waals surface area (Å²) in [5.74, 6) is 1.39. The smallest absolute Gasteiger partial charge is 0.150 e. The van der Waals surface area contributed by atoms with E-state index < -0.39 is 9.84 Å². The van der Waals surface area contributed by atoms with Gasteiger partial charge in [0.25, 0.3) is 0 Å². The van der Waals surface area contributed by atoms with E-state index in [0.29, 0.717) is 17.4 Å². The monoisotopic (exact) mass is 345 g/mol. The van der Waals surface area contributed by atoms with Crippen molar-refractivity contribution in [2.75, 3.05) is 25.1 Å².